The molecule has 2 rings (SSSR count). The molecule has 1 aromatic carbocycles. The van der Waals surface area contributed by atoms with Gasteiger partial charge in [-0.1, -0.05) is 26.0 Å². The summed E-state index contributed by atoms with van der Waals surface area (Å²) in [6, 6.07) is 6.36. The van der Waals surface area contributed by atoms with Crippen molar-refractivity contribution >= 4 is 5.91 Å². The standard InChI is InChI=1S/C16H24N2O2/c1-12(2)10-18-16(19)11-17-7-5-13-3-4-15-14(9-13)6-8-20-15/h3-4,9,12,17H,5-8,10-11H2,1-2H3,(H,18,19). The topological polar surface area (TPSA) is 50.4 Å². The van der Waals surface area contributed by atoms with Gasteiger partial charge in [0.25, 0.3) is 0 Å². The summed E-state index contributed by atoms with van der Waals surface area (Å²) in [6.45, 7) is 6.92. The van der Waals surface area contributed by atoms with Crippen LogP contribution in [0.2, 0.25) is 0 Å². The van der Waals surface area contributed by atoms with Crippen LogP contribution in [0, 0.1) is 5.92 Å². The first-order valence-electron chi connectivity index (χ1n) is 7.37. The molecular weight excluding hydrogens is 252 g/mol. The number of fused-ring (bicyclic) bond motifs is 1. The highest BCUT2D eigenvalue weighted by Gasteiger charge is 2.11. The minimum Gasteiger partial charge on any atom is -0.493 e. The van der Waals surface area contributed by atoms with Crippen molar-refractivity contribution < 1.29 is 9.53 Å². The third-order valence-corrected chi connectivity index (χ3v) is 3.34. The molecule has 0 spiro atoms. The van der Waals surface area contributed by atoms with Crippen LogP contribution in [0.15, 0.2) is 18.2 Å². The molecule has 1 heterocycles. The highest BCUT2D eigenvalue weighted by Crippen LogP contribution is 2.25. The summed E-state index contributed by atoms with van der Waals surface area (Å²) in [4.78, 5) is 11.5. The van der Waals surface area contributed by atoms with Crippen LogP contribution in [-0.2, 0) is 17.6 Å². The van der Waals surface area contributed by atoms with Gasteiger partial charge in [0.05, 0.1) is 13.2 Å². The zero-order valence-electron chi connectivity index (χ0n) is 12.4. The van der Waals surface area contributed by atoms with Gasteiger partial charge in [-0.25, -0.2) is 0 Å². The van der Waals surface area contributed by atoms with Gasteiger partial charge in [-0.15, -0.1) is 0 Å². The zero-order chi connectivity index (χ0) is 14.4. The SMILES string of the molecule is CC(C)CNC(=O)CNCCc1ccc2c(c1)CCO2. The van der Waals surface area contributed by atoms with E-state index in [0.717, 1.165) is 38.3 Å². The van der Waals surface area contributed by atoms with Crippen LogP contribution in [0.25, 0.3) is 0 Å². The molecule has 4 heteroatoms. The number of nitrogens with one attached hydrogen (secondary N) is 2. The predicted octanol–water partition coefficient (Wildman–Crippen LogP) is 1.53. The van der Waals surface area contributed by atoms with Crippen LogP contribution < -0.4 is 15.4 Å². The Balaban J connectivity index is 1.65. The van der Waals surface area contributed by atoms with Crippen LogP contribution in [0.4, 0.5) is 0 Å². The molecule has 1 aliphatic heterocycles. The number of carbonyl (C=O) groups is 1. The Bertz CT molecular complexity index is 458. The van der Waals surface area contributed by atoms with E-state index in [1.165, 1.54) is 11.1 Å². The summed E-state index contributed by atoms with van der Waals surface area (Å²) in [7, 11) is 0. The second-order valence-corrected chi connectivity index (χ2v) is 5.67. The van der Waals surface area contributed by atoms with Gasteiger partial charge in [-0.05, 0) is 36.1 Å². The summed E-state index contributed by atoms with van der Waals surface area (Å²) in [6.07, 6.45) is 1.94. The van der Waals surface area contributed by atoms with Crippen molar-refractivity contribution in [1.29, 1.82) is 0 Å². The van der Waals surface area contributed by atoms with E-state index in [0.29, 0.717) is 12.5 Å². The number of hydrogen-bond acceptors (Lipinski definition) is 3. The van der Waals surface area contributed by atoms with Crippen molar-refractivity contribution in [2.24, 2.45) is 5.92 Å². The number of carbonyl (C=O) groups excluding carboxylic acids is 1. The van der Waals surface area contributed by atoms with E-state index < -0.39 is 0 Å². The van der Waals surface area contributed by atoms with Gasteiger partial charge >= 0.3 is 0 Å². The van der Waals surface area contributed by atoms with Crippen LogP contribution in [0.3, 0.4) is 0 Å². The minimum atomic E-state index is 0.0704. The zero-order valence-corrected chi connectivity index (χ0v) is 12.4. The Hall–Kier alpha value is -1.55. The molecule has 0 saturated heterocycles. The van der Waals surface area contributed by atoms with Gasteiger partial charge in [-0.3, -0.25) is 4.79 Å². The van der Waals surface area contributed by atoms with Gasteiger partial charge in [0, 0.05) is 13.0 Å². The molecule has 0 atom stereocenters. The van der Waals surface area contributed by atoms with Crippen molar-refractivity contribution in [2.75, 3.05) is 26.2 Å². The van der Waals surface area contributed by atoms with Crippen molar-refractivity contribution in [3.05, 3.63) is 29.3 Å². The predicted molar refractivity (Wildman–Crippen MR) is 80.1 cm³/mol. The maximum Gasteiger partial charge on any atom is 0.233 e. The van der Waals surface area contributed by atoms with Crippen LogP contribution in [-0.4, -0.2) is 32.1 Å². The quantitative estimate of drug-likeness (QED) is 0.743. The number of benzene rings is 1. The normalized spacial score (nSPS) is 13.2. The molecule has 1 amide bonds. The van der Waals surface area contributed by atoms with Crippen LogP contribution in [0.1, 0.15) is 25.0 Å². The Morgan fingerprint density at radius 3 is 3.05 bits per heavy atom. The van der Waals surface area contributed by atoms with E-state index in [2.05, 4.69) is 36.6 Å². The van der Waals surface area contributed by atoms with Crippen molar-refractivity contribution in [2.45, 2.75) is 26.7 Å². The molecule has 0 bridgehead atoms. The largest absolute Gasteiger partial charge is 0.493 e. The van der Waals surface area contributed by atoms with Crippen LogP contribution in [0.5, 0.6) is 5.75 Å². The number of hydrogen-bond donors (Lipinski definition) is 2. The van der Waals surface area contributed by atoms with E-state index in [-0.39, 0.29) is 5.91 Å². The first-order valence-corrected chi connectivity index (χ1v) is 7.37. The average molecular weight is 276 g/mol. The molecule has 0 radical (unpaired) electrons. The Labute approximate surface area is 120 Å². The highest BCUT2D eigenvalue weighted by molar-refractivity contribution is 5.77. The molecular formula is C16H24N2O2. The van der Waals surface area contributed by atoms with Gasteiger partial charge in [0.1, 0.15) is 5.75 Å². The molecule has 4 nitrogen and oxygen atoms in total. The van der Waals surface area contributed by atoms with E-state index in [4.69, 9.17) is 4.74 Å². The van der Waals surface area contributed by atoms with E-state index >= 15 is 0 Å². The maximum atomic E-state index is 11.5. The second-order valence-electron chi connectivity index (χ2n) is 5.67. The van der Waals surface area contributed by atoms with E-state index in [1.54, 1.807) is 0 Å². The molecule has 0 aromatic heterocycles. The fraction of sp³-hybridized carbons (Fsp3) is 0.562. The lowest BCUT2D eigenvalue weighted by molar-refractivity contribution is -0.120. The van der Waals surface area contributed by atoms with Gasteiger partial charge < -0.3 is 15.4 Å². The Morgan fingerprint density at radius 2 is 2.25 bits per heavy atom. The fourth-order valence-electron chi connectivity index (χ4n) is 2.21. The van der Waals surface area contributed by atoms with Gasteiger partial charge in [0.15, 0.2) is 0 Å². The van der Waals surface area contributed by atoms with Gasteiger partial charge in [-0.2, -0.15) is 0 Å². The fourth-order valence-corrected chi connectivity index (χ4v) is 2.21. The number of amides is 1. The van der Waals surface area contributed by atoms with E-state index in [1.807, 2.05) is 6.07 Å². The lowest BCUT2D eigenvalue weighted by atomic mass is 10.1. The van der Waals surface area contributed by atoms with Gasteiger partial charge in [0.2, 0.25) is 5.91 Å². The summed E-state index contributed by atoms with van der Waals surface area (Å²) >= 11 is 0. The maximum absolute atomic E-state index is 11.5. The summed E-state index contributed by atoms with van der Waals surface area (Å²) in [5.74, 6) is 1.59. The van der Waals surface area contributed by atoms with Crippen LogP contribution >= 0.6 is 0 Å². The molecule has 2 N–H and O–H groups in total. The number of ether oxygens (including phenoxy) is 1. The minimum absolute atomic E-state index is 0.0704. The van der Waals surface area contributed by atoms with Crippen molar-refractivity contribution in [3.63, 3.8) is 0 Å². The molecule has 0 fully saturated rings. The summed E-state index contributed by atoms with van der Waals surface area (Å²) in [5.41, 5.74) is 2.60. The molecule has 1 aromatic rings. The molecule has 1 aliphatic rings. The molecule has 0 unspecified atom stereocenters. The lowest BCUT2D eigenvalue weighted by Gasteiger charge is -2.09. The first-order chi connectivity index (χ1) is 9.65. The molecule has 20 heavy (non-hydrogen) atoms. The van der Waals surface area contributed by atoms with Crippen molar-refractivity contribution in [1.82, 2.24) is 10.6 Å². The molecule has 0 saturated carbocycles. The third kappa shape index (κ3) is 4.53. The Morgan fingerprint density at radius 1 is 1.40 bits per heavy atom. The molecule has 110 valence electrons. The third-order valence-electron chi connectivity index (χ3n) is 3.34. The lowest BCUT2D eigenvalue weighted by Crippen LogP contribution is -2.36. The highest BCUT2D eigenvalue weighted by atomic mass is 16.5. The second kappa shape index (κ2) is 7.29. The summed E-state index contributed by atoms with van der Waals surface area (Å²) < 4.78 is 5.49. The number of rotatable bonds is 7. The van der Waals surface area contributed by atoms with E-state index in [9.17, 15) is 4.79 Å². The van der Waals surface area contributed by atoms with Crippen molar-refractivity contribution in [3.8, 4) is 5.75 Å². The monoisotopic (exact) mass is 276 g/mol. The smallest absolute Gasteiger partial charge is 0.233 e. The first kappa shape index (κ1) is 14.9. The molecule has 0 aliphatic carbocycles. The summed E-state index contributed by atoms with van der Waals surface area (Å²) in [5, 5.41) is 6.08. The Kier molecular flexibility index (Phi) is 5.41. The average Bonchev–Trinajstić information content (AvgIpc) is 2.88.